The SMILES string of the molecule is CN=C(NCC1CCCN(C)C1c1cccs1)NC(C)c1ccc(C)o1.I. The van der Waals surface area contributed by atoms with Gasteiger partial charge in [-0.25, -0.2) is 0 Å². The molecule has 2 N–H and O–H groups in total. The van der Waals surface area contributed by atoms with Crippen LogP contribution in [0, 0.1) is 12.8 Å². The molecule has 150 valence electrons. The van der Waals surface area contributed by atoms with Crippen LogP contribution in [0.25, 0.3) is 0 Å². The van der Waals surface area contributed by atoms with Crippen molar-refractivity contribution in [1.82, 2.24) is 15.5 Å². The van der Waals surface area contributed by atoms with Gasteiger partial charge < -0.3 is 15.1 Å². The van der Waals surface area contributed by atoms with Gasteiger partial charge in [0.05, 0.1) is 6.04 Å². The fraction of sp³-hybridized carbons (Fsp3) is 0.550. The molecule has 0 spiro atoms. The molecule has 3 atom stereocenters. The lowest BCUT2D eigenvalue weighted by Crippen LogP contribution is -2.45. The highest BCUT2D eigenvalue weighted by Crippen LogP contribution is 2.36. The maximum atomic E-state index is 5.71. The normalized spacial score (nSPS) is 22.1. The van der Waals surface area contributed by atoms with Crippen LogP contribution in [0.2, 0.25) is 0 Å². The minimum absolute atomic E-state index is 0. The molecule has 0 bridgehead atoms. The zero-order valence-corrected chi connectivity index (χ0v) is 19.7. The number of thiophene rings is 1. The third-order valence-corrected chi connectivity index (χ3v) is 6.08. The smallest absolute Gasteiger partial charge is 0.191 e. The predicted molar refractivity (Wildman–Crippen MR) is 124 cm³/mol. The summed E-state index contributed by atoms with van der Waals surface area (Å²) in [5, 5.41) is 9.14. The standard InChI is InChI=1S/C20H30N4OS.HI/c1-14-9-10-17(25-14)15(2)23-20(21-3)22-13-16-7-5-11-24(4)19(16)18-8-6-12-26-18;/h6,8-10,12,15-16,19H,5,7,11,13H2,1-4H3,(H2,21,22,23);1H. The summed E-state index contributed by atoms with van der Waals surface area (Å²) in [4.78, 5) is 8.35. The van der Waals surface area contributed by atoms with Gasteiger partial charge in [-0.2, -0.15) is 0 Å². The highest BCUT2D eigenvalue weighted by Gasteiger charge is 2.31. The van der Waals surface area contributed by atoms with Gasteiger partial charge in [0.1, 0.15) is 11.5 Å². The lowest BCUT2D eigenvalue weighted by atomic mass is 9.88. The molecule has 1 fully saturated rings. The first-order valence-corrected chi connectivity index (χ1v) is 10.2. The fourth-order valence-corrected chi connectivity index (χ4v) is 4.75. The first kappa shape index (κ1) is 22.2. The molecule has 0 aliphatic carbocycles. The van der Waals surface area contributed by atoms with Crippen molar-refractivity contribution in [2.75, 3.05) is 27.2 Å². The van der Waals surface area contributed by atoms with Crippen molar-refractivity contribution in [2.24, 2.45) is 10.9 Å². The van der Waals surface area contributed by atoms with Gasteiger partial charge in [-0.05, 0) is 69.8 Å². The Morgan fingerprint density at radius 2 is 2.22 bits per heavy atom. The monoisotopic (exact) mass is 502 g/mol. The molecule has 7 heteroatoms. The van der Waals surface area contributed by atoms with Crippen LogP contribution in [0.15, 0.2) is 39.1 Å². The van der Waals surface area contributed by atoms with Gasteiger partial charge in [-0.15, -0.1) is 35.3 Å². The number of piperidine rings is 1. The Hall–Kier alpha value is -1.06. The average molecular weight is 502 g/mol. The zero-order valence-electron chi connectivity index (χ0n) is 16.6. The summed E-state index contributed by atoms with van der Waals surface area (Å²) in [6.45, 7) is 6.14. The molecule has 27 heavy (non-hydrogen) atoms. The van der Waals surface area contributed by atoms with Crippen LogP contribution in [0.3, 0.4) is 0 Å². The summed E-state index contributed by atoms with van der Waals surface area (Å²) >= 11 is 1.86. The third kappa shape index (κ3) is 5.71. The average Bonchev–Trinajstić information content (AvgIpc) is 3.30. The van der Waals surface area contributed by atoms with Crippen molar-refractivity contribution in [1.29, 1.82) is 0 Å². The number of aryl methyl sites for hydroxylation is 1. The van der Waals surface area contributed by atoms with E-state index in [9.17, 15) is 0 Å². The molecule has 0 aromatic carbocycles. The van der Waals surface area contributed by atoms with Gasteiger partial charge in [0.2, 0.25) is 0 Å². The predicted octanol–water partition coefficient (Wildman–Crippen LogP) is 4.58. The highest BCUT2D eigenvalue weighted by molar-refractivity contribution is 14.0. The Morgan fingerprint density at radius 1 is 1.41 bits per heavy atom. The first-order valence-electron chi connectivity index (χ1n) is 9.35. The number of nitrogens with one attached hydrogen (secondary N) is 2. The van der Waals surface area contributed by atoms with E-state index in [0.717, 1.165) is 24.0 Å². The molecule has 3 heterocycles. The van der Waals surface area contributed by atoms with Crippen molar-refractivity contribution >= 4 is 41.3 Å². The summed E-state index contributed by atoms with van der Waals surface area (Å²) in [6, 6.07) is 8.99. The topological polar surface area (TPSA) is 52.8 Å². The largest absolute Gasteiger partial charge is 0.464 e. The molecule has 5 nitrogen and oxygen atoms in total. The van der Waals surface area contributed by atoms with Crippen LogP contribution < -0.4 is 10.6 Å². The summed E-state index contributed by atoms with van der Waals surface area (Å²) in [7, 11) is 4.06. The molecule has 0 radical (unpaired) electrons. The van der Waals surface area contributed by atoms with E-state index >= 15 is 0 Å². The molecule has 2 aromatic heterocycles. The molecule has 0 saturated carbocycles. The first-order chi connectivity index (χ1) is 12.6. The maximum absolute atomic E-state index is 5.71. The second-order valence-corrected chi connectivity index (χ2v) is 8.09. The van der Waals surface area contributed by atoms with E-state index in [4.69, 9.17) is 4.42 Å². The van der Waals surface area contributed by atoms with Gasteiger partial charge in [-0.1, -0.05) is 6.07 Å². The van der Waals surface area contributed by atoms with Crippen molar-refractivity contribution in [3.63, 3.8) is 0 Å². The number of hydrogen-bond donors (Lipinski definition) is 2. The number of rotatable bonds is 5. The van der Waals surface area contributed by atoms with Crippen LogP contribution in [0.1, 0.15) is 48.2 Å². The number of guanidine groups is 1. The molecule has 1 saturated heterocycles. The summed E-state index contributed by atoms with van der Waals surface area (Å²) in [5.41, 5.74) is 0. The second-order valence-electron chi connectivity index (χ2n) is 7.11. The quantitative estimate of drug-likeness (QED) is 0.357. The van der Waals surface area contributed by atoms with E-state index < -0.39 is 0 Å². The molecule has 3 rings (SSSR count). The lowest BCUT2D eigenvalue weighted by Gasteiger charge is -2.39. The number of halogens is 1. The summed E-state index contributed by atoms with van der Waals surface area (Å²) < 4.78 is 5.71. The number of aliphatic imine (C=N–C) groups is 1. The van der Waals surface area contributed by atoms with Gasteiger partial charge in [0.15, 0.2) is 5.96 Å². The molecule has 1 aliphatic heterocycles. The van der Waals surface area contributed by atoms with E-state index in [-0.39, 0.29) is 30.0 Å². The van der Waals surface area contributed by atoms with Crippen LogP contribution in [-0.4, -0.2) is 38.0 Å². The molecular formula is C20H31IN4OS. The third-order valence-electron chi connectivity index (χ3n) is 5.14. The van der Waals surface area contributed by atoms with E-state index in [2.05, 4.69) is 52.0 Å². The lowest BCUT2D eigenvalue weighted by molar-refractivity contribution is 0.125. The number of likely N-dealkylation sites (tertiary alicyclic amines) is 1. The Labute approximate surface area is 183 Å². The Kier molecular flexibility index (Phi) is 8.62. The van der Waals surface area contributed by atoms with E-state index in [1.165, 1.54) is 24.3 Å². The maximum Gasteiger partial charge on any atom is 0.191 e. The number of furan rings is 1. The van der Waals surface area contributed by atoms with Crippen LogP contribution in [0.5, 0.6) is 0 Å². The van der Waals surface area contributed by atoms with Gasteiger partial charge in [0, 0.05) is 24.5 Å². The van der Waals surface area contributed by atoms with E-state index in [0.29, 0.717) is 12.0 Å². The van der Waals surface area contributed by atoms with Crippen molar-refractivity contribution in [2.45, 2.75) is 38.8 Å². The fourth-order valence-electron chi connectivity index (χ4n) is 3.77. The van der Waals surface area contributed by atoms with Gasteiger partial charge in [0.25, 0.3) is 0 Å². The van der Waals surface area contributed by atoms with Crippen molar-refractivity contribution < 1.29 is 4.42 Å². The van der Waals surface area contributed by atoms with Crippen LogP contribution in [0.4, 0.5) is 0 Å². The Morgan fingerprint density at radius 3 is 2.85 bits per heavy atom. The number of hydrogen-bond acceptors (Lipinski definition) is 4. The molecule has 2 aromatic rings. The van der Waals surface area contributed by atoms with E-state index in [1.54, 1.807) is 0 Å². The summed E-state index contributed by atoms with van der Waals surface area (Å²) in [5.74, 6) is 3.26. The van der Waals surface area contributed by atoms with Crippen molar-refractivity contribution in [3.05, 3.63) is 46.0 Å². The highest BCUT2D eigenvalue weighted by atomic mass is 127. The summed E-state index contributed by atoms with van der Waals surface area (Å²) in [6.07, 6.45) is 2.49. The molecule has 3 unspecified atom stereocenters. The second kappa shape index (κ2) is 10.5. The molecular weight excluding hydrogens is 471 g/mol. The van der Waals surface area contributed by atoms with E-state index in [1.807, 2.05) is 37.4 Å². The van der Waals surface area contributed by atoms with Crippen molar-refractivity contribution in [3.8, 4) is 0 Å². The van der Waals surface area contributed by atoms with Crippen LogP contribution in [-0.2, 0) is 0 Å². The van der Waals surface area contributed by atoms with Gasteiger partial charge >= 0.3 is 0 Å². The zero-order chi connectivity index (χ0) is 18.5. The minimum Gasteiger partial charge on any atom is -0.464 e. The Balaban J connectivity index is 0.00000261. The molecule has 0 amide bonds. The molecule has 1 aliphatic rings. The Bertz CT molecular complexity index is 715. The number of nitrogens with zero attached hydrogens (tertiary/aromatic N) is 2. The van der Waals surface area contributed by atoms with Gasteiger partial charge in [-0.3, -0.25) is 9.89 Å². The minimum atomic E-state index is 0. The van der Waals surface area contributed by atoms with Crippen LogP contribution >= 0.6 is 35.3 Å².